The molecule has 3 rings (SSSR count). The molecule has 0 atom stereocenters. The lowest BCUT2D eigenvalue weighted by Crippen LogP contribution is -2.47. The van der Waals surface area contributed by atoms with Crippen molar-refractivity contribution in [2.75, 3.05) is 57.8 Å². The molecule has 1 fully saturated rings. The number of benzene rings is 1. The summed E-state index contributed by atoms with van der Waals surface area (Å²) in [5.74, 6) is -0.266. The number of thiocarbonyl (C=S) groups is 1. The third kappa shape index (κ3) is 4.00. The van der Waals surface area contributed by atoms with Gasteiger partial charge in [0.1, 0.15) is 5.82 Å². The first-order chi connectivity index (χ1) is 11.5. The maximum atomic E-state index is 13.6. The fraction of sp³-hybridized carbons (Fsp3) is 0.500. The standard InChI is InChI=1S/C16H23FN6S/c1-21-4-6-22(7-5-21)8-9-23-11-14(19-20-16(18)24)13-10-12(17)2-3-15(13)23/h2-3,10H,4-9,11H2,1H3,(H3,18,20,24)/b19-14+. The van der Waals surface area contributed by atoms with Gasteiger partial charge in [0.2, 0.25) is 0 Å². The lowest BCUT2D eigenvalue weighted by atomic mass is 10.1. The van der Waals surface area contributed by atoms with Crippen LogP contribution in [0.3, 0.4) is 0 Å². The van der Waals surface area contributed by atoms with Crippen LogP contribution in [-0.2, 0) is 0 Å². The summed E-state index contributed by atoms with van der Waals surface area (Å²) in [7, 11) is 2.15. The fourth-order valence-corrected chi connectivity index (χ4v) is 3.16. The van der Waals surface area contributed by atoms with Crippen LogP contribution in [0, 0.1) is 5.82 Å². The molecule has 1 aromatic carbocycles. The zero-order valence-corrected chi connectivity index (χ0v) is 14.7. The van der Waals surface area contributed by atoms with Crippen molar-refractivity contribution in [1.29, 1.82) is 0 Å². The van der Waals surface area contributed by atoms with Crippen molar-refractivity contribution in [2.24, 2.45) is 10.8 Å². The summed E-state index contributed by atoms with van der Waals surface area (Å²) < 4.78 is 13.6. The maximum Gasteiger partial charge on any atom is 0.184 e. The molecule has 0 spiro atoms. The number of hydrogen-bond donors (Lipinski definition) is 2. The first kappa shape index (κ1) is 17.1. The predicted octanol–water partition coefficient (Wildman–Crippen LogP) is 0.430. The smallest absolute Gasteiger partial charge is 0.184 e. The highest BCUT2D eigenvalue weighted by atomic mass is 32.1. The Labute approximate surface area is 147 Å². The Bertz CT molecular complexity index is 641. The second-order valence-corrected chi connectivity index (χ2v) is 6.70. The van der Waals surface area contributed by atoms with Crippen molar-refractivity contribution in [1.82, 2.24) is 15.2 Å². The number of anilines is 1. The molecule has 2 aliphatic rings. The molecule has 130 valence electrons. The molecule has 0 aliphatic carbocycles. The molecule has 6 nitrogen and oxygen atoms in total. The summed E-state index contributed by atoms with van der Waals surface area (Å²) in [6.07, 6.45) is 0. The number of fused-ring (bicyclic) bond motifs is 1. The van der Waals surface area contributed by atoms with E-state index in [0.29, 0.717) is 6.54 Å². The summed E-state index contributed by atoms with van der Waals surface area (Å²) in [6, 6.07) is 4.83. The van der Waals surface area contributed by atoms with E-state index >= 15 is 0 Å². The van der Waals surface area contributed by atoms with Gasteiger partial charge in [0.05, 0.1) is 12.3 Å². The molecule has 0 unspecified atom stereocenters. The minimum atomic E-state index is -0.266. The van der Waals surface area contributed by atoms with Gasteiger partial charge in [-0.15, -0.1) is 0 Å². The highest BCUT2D eigenvalue weighted by Gasteiger charge is 2.26. The number of likely N-dealkylation sites (N-methyl/N-ethyl adjacent to an activating group) is 1. The number of hydrazone groups is 1. The van der Waals surface area contributed by atoms with E-state index in [1.54, 1.807) is 0 Å². The molecule has 2 aliphatic heterocycles. The quantitative estimate of drug-likeness (QED) is 0.607. The molecule has 0 amide bonds. The van der Waals surface area contributed by atoms with E-state index in [9.17, 15) is 4.39 Å². The van der Waals surface area contributed by atoms with E-state index in [4.69, 9.17) is 18.0 Å². The van der Waals surface area contributed by atoms with Gasteiger partial charge in [-0.05, 0) is 37.5 Å². The van der Waals surface area contributed by atoms with E-state index in [2.05, 4.69) is 32.3 Å². The largest absolute Gasteiger partial charge is 0.375 e. The van der Waals surface area contributed by atoms with Crippen LogP contribution in [0.1, 0.15) is 5.56 Å². The van der Waals surface area contributed by atoms with Crippen LogP contribution in [0.25, 0.3) is 0 Å². The van der Waals surface area contributed by atoms with Crippen molar-refractivity contribution < 1.29 is 4.39 Å². The van der Waals surface area contributed by atoms with Crippen LogP contribution in [0.2, 0.25) is 0 Å². The first-order valence-corrected chi connectivity index (χ1v) is 8.51. The monoisotopic (exact) mass is 350 g/mol. The second-order valence-electron chi connectivity index (χ2n) is 6.26. The Hall–Kier alpha value is -1.77. The van der Waals surface area contributed by atoms with Gasteiger partial charge in [0, 0.05) is 50.5 Å². The summed E-state index contributed by atoms with van der Waals surface area (Å²) in [4.78, 5) is 7.04. The average molecular weight is 350 g/mol. The van der Waals surface area contributed by atoms with Gasteiger partial charge >= 0.3 is 0 Å². The van der Waals surface area contributed by atoms with Crippen LogP contribution < -0.4 is 16.1 Å². The van der Waals surface area contributed by atoms with Gasteiger partial charge in [0.25, 0.3) is 0 Å². The van der Waals surface area contributed by atoms with Crippen molar-refractivity contribution in [3.8, 4) is 0 Å². The molecule has 24 heavy (non-hydrogen) atoms. The van der Waals surface area contributed by atoms with E-state index in [0.717, 1.165) is 56.2 Å². The van der Waals surface area contributed by atoms with Gasteiger partial charge in [-0.3, -0.25) is 10.3 Å². The Morgan fingerprint density at radius 1 is 1.29 bits per heavy atom. The molecular weight excluding hydrogens is 327 g/mol. The molecule has 0 aromatic heterocycles. The number of rotatable bonds is 4. The zero-order chi connectivity index (χ0) is 17.1. The third-order valence-electron chi connectivity index (χ3n) is 4.53. The molecule has 2 heterocycles. The molecule has 3 N–H and O–H groups in total. The lowest BCUT2D eigenvalue weighted by Gasteiger charge is -2.33. The second kappa shape index (κ2) is 7.42. The number of halogens is 1. The van der Waals surface area contributed by atoms with Crippen LogP contribution in [0.4, 0.5) is 10.1 Å². The van der Waals surface area contributed by atoms with Gasteiger partial charge in [0.15, 0.2) is 5.11 Å². The van der Waals surface area contributed by atoms with Crippen LogP contribution >= 0.6 is 12.2 Å². The summed E-state index contributed by atoms with van der Waals surface area (Å²) >= 11 is 4.79. The molecule has 0 radical (unpaired) electrons. The summed E-state index contributed by atoms with van der Waals surface area (Å²) in [6.45, 7) is 6.88. The highest BCUT2D eigenvalue weighted by Crippen LogP contribution is 2.28. The SMILES string of the molecule is CN1CCN(CCN2C/C(=N\NC(N)=S)c3cc(F)ccc32)CC1. The molecule has 8 heteroatoms. The van der Waals surface area contributed by atoms with Crippen LogP contribution in [0.15, 0.2) is 23.3 Å². The first-order valence-electron chi connectivity index (χ1n) is 8.10. The van der Waals surface area contributed by atoms with E-state index < -0.39 is 0 Å². The van der Waals surface area contributed by atoms with E-state index in [1.165, 1.54) is 12.1 Å². The van der Waals surface area contributed by atoms with Crippen molar-refractivity contribution in [3.05, 3.63) is 29.6 Å². The minimum Gasteiger partial charge on any atom is -0.375 e. The van der Waals surface area contributed by atoms with E-state index in [1.807, 2.05) is 6.07 Å². The molecule has 1 aromatic rings. The summed E-state index contributed by atoms with van der Waals surface area (Å²) in [5.41, 5.74) is 10.6. The Kier molecular flexibility index (Phi) is 5.27. The molecule has 0 saturated carbocycles. The normalized spacial score (nSPS) is 20.4. The van der Waals surface area contributed by atoms with Gasteiger partial charge < -0.3 is 15.5 Å². The number of nitrogens with zero attached hydrogens (tertiary/aromatic N) is 4. The van der Waals surface area contributed by atoms with E-state index in [-0.39, 0.29) is 10.9 Å². The van der Waals surface area contributed by atoms with Gasteiger partial charge in [-0.25, -0.2) is 4.39 Å². The number of nitrogens with two attached hydrogens (primary N) is 1. The number of nitrogens with one attached hydrogen (secondary N) is 1. The predicted molar refractivity (Wildman–Crippen MR) is 99.0 cm³/mol. The molecule has 0 bridgehead atoms. The van der Waals surface area contributed by atoms with Crippen LogP contribution in [-0.4, -0.2) is 73.5 Å². The van der Waals surface area contributed by atoms with Crippen molar-refractivity contribution in [2.45, 2.75) is 0 Å². The fourth-order valence-electron chi connectivity index (χ4n) is 3.12. The van der Waals surface area contributed by atoms with Gasteiger partial charge in [-0.1, -0.05) is 0 Å². The Morgan fingerprint density at radius 3 is 2.75 bits per heavy atom. The number of piperazine rings is 1. The van der Waals surface area contributed by atoms with Crippen molar-refractivity contribution >= 4 is 28.7 Å². The van der Waals surface area contributed by atoms with Crippen molar-refractivity contribution in [3.63, 3.8) is 0 Å². The number of hydrogen-bond acceptors (Lipinski definition) is 5. The lowest BCUT2D eigenvalue weighted by molar-refractivity contribution is 0.157. The molecule has 1 saturated heterocycles. The highest BCUT2D eigenvalue weighted by molar-refractivity contribution is 7.80. The maximum absolute atomic E-state index is 13.6. The molecular formula is C16H23FN6S. The van der Waals surface area contributed by atoms with Gasteiger partial charge in [-0.2, -0.15) is 5.10 Å². The Morgan fingerprint density at radius 2 is 2.04 bits per heavy atom. The Balaban J connectivity index is 1.69. The third-order valence-corrected chi connectivity index (χ3v) is 4.63. The topological polar surface area (TPSA) is 60.1 Å². The summed E-state index contributed by atoms with van der Waals surface area (Å²) in [5, 5.41) is 4.34. The van der Waals surface area contributed by atoms with Crippen LogP contribution in [0.5, 0.6) is 0 Å². The zero-order valence-electron chi connectivity index (χ0n) is 13.8. The minimum absolute atomic E-state index is 0.108. The average Bonchev–Trinajstić information content (AvgIpc) is 2.89.